The third-order valence-corrected chi connectivity index (χ3v) is 3.85. The first-order valence-electron chi connectivity index (χ1n) is 7.94. The maximum atomic E-state index is 11.4. The first-order chi connectivity index (χ1) is 11.4. The Labute approximate surface area is 140 Å². The Kier molecular flexibility index (Phi) is 4.15. The quantitative estimate of drug-likeness (QED) is 0.509. The second-order valence-electron chi connectivity index (χ2n) is 7.13. The SMILES string of the molecule is CC(C)(C)Cc1c(NCC(=O)NO)nc2c3ccccc3ccn12. The minimum Gasteiger partial charge on any atom is -0.359 e. The maximum absolute atomic E-state index is 11.4. The molecule has 3 aromatic rings. The number of anilines is 1. The molecule has 2 aromatic heterocycles. The predicted octanol–water partition coefficient (Wildman–Crippen LogP) is 2.99. The molecule has 24 heavy (non-hydrogen) atoms. The predicted molar refractivity (Wildman–Crippen MR) is 94.3 cm³/mol. The zero-order valence-electron chi connectivity index (χ0n) is 14.1. The molecule has 1 aromatic carbocycles. The summed E-state index contributed by atoms with van der Waals surface area (Å²) in [4.78, 5) is 16.1. The molecule has 3 rings (SSSR count). The first kappa shape index (κ1) is 16.3. The van der Waals surface area contributed by atoms with Gasteiger partial charge >= 0.3 is 0 Å². The number of nitrogens with one attached hydrogen (secondary N) is 2. The van der Waals surface area contributed by atoms with Gasteiger partial charge in [-0.2, -0.15) is 0 Å². The zero-order valence-corrected chi connectivity index (χ0v) is 14.1. The molecule has 0 atom stereocenters. The fraction of sp³-hybridized carbons (Fsp3) is 0.333. The molecule has 0 aliphatic heterocycles. The highest BCUT2D eigenvalue weighted by Gasteiger charge is 2.20. The molecule has 126 valence electrons. The van der Waals surface area contributed by atoms with Crippen LogP contribution in [0.5, 0.6) is 0 Å². The standard InChI is InChI=1S/C18H22N4O2/c1-18(2,3)10-14-16(19-11-15(23)21-24)20-17-13-7-5-4-6-12(13)8-9-22(14)17/h4-9,19,24H,10-11H2,1-3H3,(H,21,23). The van der Waals surface area contributed by atoms with Crippen LogP contribution in [0.4, 0.5) is 5.82 Å². The third kappa shape index (κ3) is 3.19. The van der Waals surface area contributed by atoms with Gasteiger partial charge in [-0.1, -0.05) is 45.0 Å². The number of nitrogens with zero attached hydrogens (tertiary/aromatic N) is 2. The molecule has 0 fully saturated rings. The molecular formula is C18H22N4O2. The highest BCUT2D eigenvalue weighted by molar-refractivity contribution is 5.94. The number of fused-ring (bicyclic) bond motifs is 3. The molecular weight excluding hydrogens is 304 g/mol. The summed E-state index contributed by atoms with van der Waals surface area (Å²) < 4.78 is 2.08. The number of rotatable bonds is 4. The molecule has 0 bridgehead atoms. The molecule has 2 heterocycles. The second-order valence-corrected chi connectivity index (χ2v) is 7.13. The van der Waals surface area contributed by atoms with Crippen LogP contribution < -0.4 is 10.8 Å². The lowest BCUT2D eigenvalue weighted by Crippen LogP contribution is -2.27. The second kappa shape index (κ2) is 6.13. The average molecular weight is 326 g/mol. The van der Waals surface area contributed by atoms with E-state index in [-0.39, 0.29) is 12.0 Å². The van der Waals surface area contributed by atoms with Crippen LogP contribution >= 0.6 is 0 Å². The van der Waals surface area contributed by atoms with E-state index in [9.17, 15) is 4.79 Å². The van der Waals surface area contributed by atoms with Crippen molar-refractivity contribution in [2.24, 2.45) is 5.41 Å². The van der Waals surface area contributed by atoms with E-state index < -0.39 is 5.91 Å². The summed E-state index contributed by atoms with van der Waals surface area (Å²) in [6.07, 6.45) is 2.82. The zero-order chi connectivity index (χ0) is 17.3. The van der Waals surface area contributed by atoms with E-state index in [2.05, 4.69) is 42.6 Å². The largest absolute Gasteiger partial charge is 0.359 e. The molecule has 1 amide bonds. The van der Waals surface area contributed by atoms with Gasteiger partial charge in [0.2, 0.25) is 0 Å². The van der Waals surface area contributed by atoms with Gasteiger partial charge in [-0.05, 0) is 23.3 Å². The minimum atomic E-state index is -0.501. The molecule has 0 aliphatic carbocycles. The van der Waals surface area contributed by atoms with Crippen molar-refractivity contribution in [1.82, 2.24) is 14.9 Å². The van der Waals surface area contributed by atoms with Gasteiger partial charge in [0.25, 0.3) is 5.91 Å². The topological polar surface area (TPSA) is 78.7 Å². The van der Waals surface area contributed by atoms with Crippen molar-refractivity contribution in [3.8, 4) is 0 Å². The molecule has 3 N–H and O–H groups in total. The number of hydrogen-bond donors (Lipinski definition) is 3. The summed E-state index contributed by atoms with van der Waals surface area (Å²) in [5.74, 6) is 0.170. The van der Waals surface area contributed by atoms with Crippen LogP contribution in [0, 0.1) is 5.41 Å². The Morgan fingerprint density at radius 1 is 1.25 bits per heavy atom. The Balaban J connectivity index is 2.14. The van der Waals surface area contributed by atoms with E-state index in [1.807, 2.05) is 24.4 Å². The van der Waals surface area contributed by atoms with Gasteiger partial charge in [0.1, 0.15) is 11.5 Å². The molecule has 0 spiro atoms. The van der Waals surface area contributed by atoms with Gasteiger partial charge in [0.05, 0.1) is 12.2 Å². The smallest absolute Gasteiger partial charge is 0.262 e. The van der Waals surface area contributed by atoms with E-state index >= 15 is 0 Å². The first-order valence-corrected chi connectivity index (χ1v) is 7.94. The summed E-state index contributed by atoms with van der Waals surface area (Å²) in [6.45, 7) is 6.46. The summed E-state index contributed by atoms with van der Waals surface area (Å²) in [7, 11) is 0. The number of carbonyl (C=O) groups is 1. The van der Waals surface area contributed by atoms with Gasteiger partial charge in [0, 0.05) is 11.6 Å². The Bertz CT molecular complexity index is 893. The van der Waals surface area contributed by atoms with Crippen LogP contribution in [-0.2, 0) is 11.2 Å². The Hall–Kier alpha value is -2.60. The molecule has 0 saturated heterocycles. The van der Waals surface area contributed by atoms with Gasteiger partial charge in [-0.3, -0.25) is 10.0 Å². The van der Waals surface area contributed by atoms with Crippen molar-refractivity contribution < 1.29 is 10.0 Å². The number of imidazole rings is 1. The number of amides is 1. The molecule has 6 heteroatoms. The minimum absolute atomic E-state index is 0.0323. The molecule has 0 aliphatic rings. The van der Waals surface area contributed by atoms with Crippen LogP contribution in [0.15, 0.2) is 36.5 Å². The van der Waals surface area contributed by atoms with Crippen LogP contribution in [0.2, 0.25) is 0 Å². The number of pyridine rings is 1. The van der Waals surface area contributed by atoms with Gasteiger partial charge < -0.3 is 9.72 Å². The summed E-state index contributed by atoms with van der Waals surface area (Å²) >= 11 is 0. The van der Waals surface area contributed by atoms with Gasteiger partial charge in [0.15, 0.2) is 0 Å². The highest BCUT2D eigenvalue weighted by atomic mass is 16.5. The van der Waals surface area contributed by atoms with E-state index in [0.717, 1.165) is 28.5 Å². The maximum Gasteiger partial charge on any atom is 0.262 e. The molecule has 0 saturated carbocycles. The lowest BCUT2D eigenvalue weighted by molar-refractivity contribution is -0.127. The average Bonchev–Trinajstić information content (AvgIpc) is 2.89. The summed E-state index contributed by atoms with van der Waals surface area (Å²) in [6, 6.07) is 10.2. The summed E-state index contributed by atoms with van der Waals surface area (Å²) in [5.41, 5.74) is 3.58. The van der Waals surface area contributed by atoms with E-state index in [1.54, 1.807) is 5.48 Å². The van der Waals surface area contributed by atoms with Crippen molar-refractivity contribution >= 4 is 28.1 Å². The van der Waals surface area contributed by atoms with Crippen molar-refractivity contribution in [2.45, 2.75) is 27.2 Å². The van der Waals surface area contributed by atoms with Crippen LogP contribution in [0.25, 0.3) is 16.4 Å². The Morgan fingerprint density at radius 3 is 2.71 bits per heavy atom. The van der Waals surface area contributed by atoms with E-state index in [4.69, 9.17) is 10.2 Å². The molecule has 0 unspecified atom stereocenters. The van der Waals surface area contributed by atoms with Gasteiger partial charge in [-0.25, -0.2) is 10.5 Å². The highest BCUT2D eigenvalue weighted by Crippen LogP contribution is 2.29. The third-order valence-electron chi connectivity index (χ3n) is 3.85. The summed E-state index contributed by atoms with van der Waals surface area (Å²) in [5, 5.41) is 13.9. The lowest BCUT2D eigenvalue weighted by Gasteiger charge is -2.19. The number of aromatic nitrogens is 2. The van der Waals surface area contributed by atoms with Crippen LogP contribution in [-0.4, -0.2) is 27.0 Å². The number of benzene rings is 1. The van der Waals surface area contributed by atoms with Crippen molar-refractivity contribution in [3.05, 3.63) is 42.2 Å². The molecule has 6 nitrogen and oxygen atoms in total. The van der Waals surface area contributed by atoms with Crippen molar-refractivity contribution in [2.75, 3.05) is 11.9 Å². The number of hydroxylamine groups is 1. The van der Waals surface area contributed by atoms with Gasteiger partial charge in [-0.15, -0.1) is 0 Å². The van der Waals surface area contributed by atoms with Crippen LogP contribution in [0.1, 0.15) is 26.5 Å². The fourth-order valence-electron chi connectivity index (χ4n) is 2.83. The monoisotopic (exact) mass is 326 g/mol. The number of hydrogen-bond acceptors (Lipinski definition) is 4. The Morgan fingerprint density at radius 2 is 2.00 bits per heavy atom. The lowest BCUT2D eigenvalue weighted by atomic mass is 9.90. The van der Waals surface area contributed by atoms with E-state index in [1.165, 1.54) is 0 Å². The van der Waals surface area contributed by atoms with E-state index in [0.29, 0.717) is 5.82 Å². The number of carbonyl (C=O) groups excluding carboxylic acids is 1. The fourth-order valence-corrected chi connectivity index (χ4v) is 2.83. The normalized spacial score (nSPS) is 11.8. The van der Waals surface area contributed by atoms with Crippen molar-refractivity contribution in [3.63, 3.8) is 0 Å². The molecule has 0 radical (unpaired) electrons. The van der Waals surface area contributed by atoms with Crippen LogP contribution in [0.3, 0.4) is 0 Å². The van der Waals surface area contributed by atoms with Crippen molar-refractivity contribution in [1.29, 1.82) is 0 Å².